The second-order valence-corrected chi connectivity index (χ2v) is 8.52. The molecule has 1 amide bonds. The molecule has 2 aliphatic rings. The minimum atomic E-state index is 0.181. The molecule has 1 spiro atoms. The van der Waals surface area contributed by atoms with Crippen molar-refractivity contribution in [2.24, 2.45) is 5.41 Å². The number of nitrogens with zero attached hydrogens (tertiary/aromatic N) is 4. The van der Waals surface area contributed by atoms with E-state index >= 15 is 0 Å². The number of benzene rings is 1. The predicted molar refractivity (Wildman–Crippen MR) is 102 cm³/mol. The molecule has 1 aromatic heterocycles. The largest absolute Gasteiger partial charge is 0.341 e. The molecule has 2 aromatic rings. The first kappa shape index (κ1) is 18.2. The van der Waals surface area contributed by atoms with Crippen molar-refractivity contribution < 1.29 is 9.32 Å². The van der Waals surface area contributed by atoms with Gasteiger partial charge >= 0.3 is 0 Å². The van der Waals surface area contributed by atoms with Crippen LogP contribution in [0.4, 0.5) is 0 Å². The van der Waals surface area contributed by atoms with Crippen molar-refractivity contribution >= 4 is 5.91 Å². The Kier molecular flexibility index (Phi) is 4.76. The maximum absolute atomic E-state index is 12.5. The van der Waals surface area contributed by atoms with Crippen LogP contribution in [-0.4, -0.2) is 52.5 Å². The zero-order chi connectivity index (χ0) is 19.0. The summed E-state index contributed by atoms with van der Waals surface area (Å²) < 4.78 is 5.39. The summed E-state index contributed by atoms with van der Waals surface area (Å²) in [5.41, 5.74) is 1.40. The molecule has 3 heterocycles. The fraction of sp³-hybridized carbons (Fsp3) is 0.571. The Labute approximate surface area is 160 Å². The summed E-state index contributed by atoms with van der Waals surface area (Å²) in [6.07, 6.45) is 2.39. The van der Waals surface area contributed by atoms with E-state index in [4.69, 9.17) is 4.52 Å². The number of amides is 1. The van der Waals surface area contributed by atoms with Crippen LogP contribution in [0.3, 0.4) is 0 Å². The molecule has 0 saturated carbocycles. The number of carbonyl (C=O) groups is 1. The van der Waals surface area contributed by atoms with Gasteiger partial charge in [0.2, 0.25) is 11.8 Å². The van der Waals surface area contributed by atoms with E-state index in [-0.39, 0.29) is 23.3 Å². The summed E-state index contributed by atoms with van der Waals surface area (Å²) in [7, 11) is 2.12. The van der Waals surface area contributed by atoms with Crippen molar-refractivity contribution in [1.82, 2.24) is 19.9 Å². The van der Waals surface area contributed by atoms with E-state index in [0.717, 1.165) is 38.3 Å². The summed E-state index contributed by atoms with van der Waals surface area (Å²) in [4.78, 5) is 21.4. The predicted octanol–water partition coefficient (Wildman–Crippen LogP) is 3.03. The number of aromatic nitrogens is 2. The molecular weight excluding hydrogens is 340 g/mol. The molecule has 0 N–H and O–H groups in total. The maximum Gasteiger partial charge on any atom is 0.229 e. The van der Waals surface area contributed by atoms with Crippen molar-refractivity contribution in [3.05, 3.63) is 47.6 Å². The molecule has 1 unspecified atom stereocenters. The summed E-state index contributed by atoms with van der Waals surface area (Å²) >= 11 is 0. The van der Waals surface area contributed by atoms with E-state index in [1.807, 2.05) is 23.1 Å². The van der Waals surface area contributed by atoms with Crippen LogP contribution in [-0.2, 0) is 11.2 Å². The molecule has 0 bridgehead atoms. The van der Waals surface area contributed by atoms with Crippen LogP contribution < -0.4 is 0 Å². The minimum absolute atomic E-state index is 0.181. The Bertz CT molecular complexity index is 796. The summed E-state index contributed by atoms with van der Waals surface area (Å²) in [5.74, 6) is 1.99. The first-order chi connectivity index (χ1) is 13.0. The smallest absolute Gasteiger partial charge is 0.229 e. The van der Waals surface area contributed by atoms with Crippen molar-refractivity contribution in [3.8, 4) is 0 Å². The molecule has 4 rings (SSSR count). The second kappa shape index (κ2) is 7.08. The lowest BCUT2D eigenvalue weighted by Crippen LogP contribution is -2.59. The van der Waals surface area contributed by atoms with Gasteiger partial charge in [0.25, 0.3) is 0 Å². The quantitative estimate of drug-likeness (QED) is 0.812. The lowest BCUT2D eigenvalue weighted by Gasteiger charge is -2.48. The van der Waals surface area contributed by atoms with Gasteiger partial charge in [0.1, 0.15) is 0 Å². The maximum atomic E-state index is 12.5. The summed E-state index contributed by atoms with van der Waals surface area (Å²) in [5, 5.41) is 4.20. The molecule has 1 aromatic carbocycles. The number of carbonyl (C=O) groups excluding carboxylic acids is 1. The highest BCUT2D eigenvalue weighted by molar-refractivity contribution is 5.77. The van der Waals surface area contributed by atoms with Gasteiger partial charge in [-0.25, -0.2) is 0 Å². The van der Waals surface area contributed by atoms with Crippen LogP contribution in [0, 0.1) is 5.41 Å². The van der Waals surface area contributed by atoms with Gasteiger partial charge in [-0.15, -0.1) is 0 Å². The SMILES string of the molecule is CC(C)c1nc(C2CC3(CN(C(=O)CCc4ccccc4)C3)CN2C)no1. The Morgan fingerprint density at radius 1 is 1.26 bits per heavy atom. The van der Waals surface area contributed by atoms with E-state index in [0.29, 0.717) is 12.3 Å². The Balaban J connectivity index is 1.32. The van der Waals surface area contributed by atoms with Crippen LogP contribution in [0.5, 0.6) is 0 Å². The number of hydrogen-bond donors (Lipinski definition) is 0. The Hall–Kier alpha value is -2.21. The molecule has 6 heteroatoms. The number of rotatable bonds is 5. The third-order valence-corrected chi connectivity index (χ3v) is 5.87. The highest BCUT2D eigenvalue weighted by Crippen LogP contribution is 2.47. The lowest BCUT2D eigenvalue weighted by atomic mass is 9.77. The molecular formula is C21H28N4O2. The van der Waals surface area contributed by atoms with Gasteiger partial charge in [-0.05, 0) is 25.5 Å². The van der Waals surface area contributed by atoms with Gasteiger partial charge < -0.3 is 9.42 Å². The highest BCUT2D eigenvalue weighted by Gasteiger charge is 2.52. The fourth-order valence-electron chi connectivity index (χ4n) is 4.40. The van der Waals surface area contributed by atoms with Gasteiger partial charge in [0.05, 0.1) is 6.04 Å². The molecule has 2 aliphatic heterocycles. The zero-order valence-corrected chi connectivity index (χ0v) is 16.4. The van der Waals surface area contributed by atoms with Gasteiger partial charge in [-0.2, -0.15) is 4.98 Å². The average Bonchev–Trinajstić information content (AvgIpc) is 3.24. The average molecular weight is 368 g/mol. The van der Waals surface area contributed by atoms with E-state index < -0.39 is 0 Å². The highest BCUT2D eigenvalue weighted by atomic mass is 16.5. The molecule has 2 saturated heterocycles. The third kappa shape index (κ3) is 3.63. The zero-order valence-electron chi connectivity index (χ0n) is 16.4. The van der Waals surface area contributed by atoms with E-state index in [1.54, 1.807) is 0 Å². The number of hydrogen-bond acceptors (Lipinski definition) is 5. The third-order valence-electron chi connectivity index (χ3n) is 5.87. The van der Waals surface area contributed by atoms with Gasteiger partial charge in [-0.3, -0.25) is 9.69 Å². The summed E-state index contributed by atoms with van der Waals surface area (Å²) in [6.45, 7) is 6.78. The van der Waals surface area contributed by atoms with Crippen molar-refractivity contribution in [2.75, 3.05) is 26.7 Å². The van der Waals surface area contributed by atoms with E-state index in [1.165, 1.54) is 5.56 Å². The molecule has 2 fully saturated rings. The lowest BCUT2D eigenvalue weighted by molar-refractivity contribution is -0.142. The number of aryl methyl sites for hydroxylation is 1. The molecule has 0 radical (unpaired) electrons. The van der Waals surface area contributed by atoms with E-state index in [9.17, 15) is 4.79 Å². The first-order valence-electron chi connectivity index (χ1n) is 9.81. The van der Waals surface area contributed by atoms with Crippen LogP contribution in [0.1, 0.15) is 55.9 Å². The Morgan fingerprint density at radius 2 is 2.00 bits per heavy atom. The molecule has 6 nitrogen and oxygen atoms in total. The normalized spacial score (nSPS) is 21.8. The van der Waals surface area contributed by atoms with E-state index in [2.05, 4.69) is 48.1 Å². The molecule has 0 aliphatic carbocycles. The Morgan fingerprint density at radius 3 is 2.67 bits per heavy atom. The van der Waals surface area contributed by atoms with Gasteiger partial charge in [0.15, 0.2) is 5.82 Å². The molecule has 1 atom stereocenters. The molecule has 144 valence electrons. The number of likely N-dealkylation sites (tertiary alicyclic amines) is 2. The molecule has 27 heavy (non-hydrogen) atoms. The van der Waals surface area contributed by atoms with Crippen molar-refractivity contribution in [2.45, 2.75) is 45.1 Å². The monoisotopic (exact) mass is 368 g/mol. The standard InChI is InChI=1S/C21H28N4O2/c1-15(2)20-22-19(23-27-20)17-11-21(12-24(17)3)13-25(14-21)18(26)10-9-16-7-5-4-6-8-16/h4-8,15,17H,9-14H2,1-3H3. The van der Waals surface area contributed by atoms with Crippen molar-refractivity contribution in [1.29, 1.82) is 0 Å². The van der Waals surface area contributed by atoms with Crippen molar-refractivity contribution in [3.63, 3.8) is 0 Å². The van der Waals surface area contributed by atoms with Crippen LogP contribution >= 0.6 is 0 Å². The van der Waals surface area contributed by atoms with Crippen LogP contribution in [0.15, 0.2) is 34.9 Å². The van der Waals surface area contributed by atoms with Gasteiger partial charge in [0, 0.05) is 37.4 Å². The first-order valence-corrected chi connectivity index (χ1v) is 9.81. The van der Waals surface area contributed by atoms with Gasteiger partial charge in [-0.1, -0.05) is 49.3 Å². The van der Waals surface area contributed by atoms with Crippen LogP contribution in [0.25, 0.3) is 0 Å². The topological polar surface area (TPSA) is 62.5 Å². The summed E-state index contributed by atoms with van der Waals surface area (Å²) in [6, 6.07) is 10.4. The fourth-order valence-corrected chi connectivity index (χ4v) is 4.40. The van der Waals surface area contributed by atoms with Crippen LogP contribution in [0.2, 0.25) is 0 Å². The minimum Gasteiger partial charge on any atom is -0.341 e. The second-order valence-electron chi connectivity index (χ2n) is 8.52.